The maximum Gasteiger partial charge on any atom is 0.259 e. The predicted molar refractivity (Wildman–Crippen MR) is 89.8 cm³/mol. The zero-order valence-corrected chi connectivity index (χ0v) is 13.8. The topological polar surface area (TPSA) is 69.6 Å². The van der Waals surface area contributed by atoms with Crippen molar-refractivity contribution >= 4 is 11.6 Å². The molecule has 0 aliphatic rings. The summed E-state index contributed by atoms with van der Waals surface area (Å²) in [5.41, 5.74) is 2.31. The van der Waals surface area contributed by atoms with Gasteiger partial charge >= 0.3 is 0 Å². The summed E-state index contributed by atoms with van der Waals surface area (Å²) in [5.74, 6) is 0.227. The molecule has 0 spiro atoms. The van der Waals surface area contributed by atoms with E-state index in [0.29, 0.717) is 33.6 Å². The molecule has 25 heavy (non-hydrogen) atoms. The van der Waals surface area contributed by atoms with E-state index in [1.54, 1.807) is 31.2 Å². The maximum absolute atomic E-state index is 13.4. The standard InChI is InChI=1S/C17H11ClFN5O/c1-10-15(21-23-24(10)12-6-4-5-11(19)9-12)16-20-17(25-22-16)13-7-2-3-8-14(13)18/h2-9H,1H3. The van der Waals surface area contributed by atoms with Crippen molar-refractivity contribution in [3.63, 3.8) is 0 Å². The number of aromatic nitrogens is 5. The molecule has 2 aromatic carbocycles. The van der Waals surface area contributed by atoms with Crippen LogP contribution < -0.4 is 0 Å². The predicted octanol–water partition coefficient (Wildman–Crippen LogP) is 4.09. The van der Waals surface area contributed by atoms with Crippen LogP contribution in [0.5, 0.6) is 0 Å². The molecule has 0 amide bonds. The van der Waals surface area contributed by atoms with Gasteiger partial charge in [-0.1, -0.05) is 40.2 Å². The van der Waals surface area contributed by atoms with Crippen molar-refractivity contribution in [2.24, 2.45) is 0 Å². The Hall–Kier alpha value is -3.06. The molecule has 0 aliphatic heterocycles. The van der Waals surface area contributed by atoms with E-state index in [0.717, 1.165) is 0 Å². The molecule has 0 atom stereocenters. The highest BCUT2D eigenvalue weighted by Gasteiger charge is 2.19. The second kappa shape index (κ2) is 6.10. The van der Waals surface area contributed by atoms with E-state index in [-0.39, 0.29) is 11.6 Å². The highest BCUT2D eigenvalue weighted by atomic mass is 35.5. The first-order chi connectivity index (χ1) is 12.1. The Kier molecular flexibility index (Phi) is 3.77. The van der Waals surface area contributed by atoms with Crippen LogP contribution in [0.4, 0.5) is 4.39 Å². The van der Waals surface area contributed by atoms with Crippen LogP contribution in [0.2, 0.25) is 5.02 Å². The summed E-state index contributed by atoms with van der Waals surface area (Å²) in [6, 6.07) is 13.3. The lowest BCUT2D eigenvalue weighted by Gasteiger charge is -2.02. The Morgan fingerprint density at radius 3 is 2.76 bits per heavy atom. The summed E-state index contributed by atoms with van der Waals surface area (Å²) >= 11 is 6.15. The van der Waals surface area contributed by atoms with Gasteiger partial charge in [-0.15, -0.1) is 5.10 Å². The number of nitrogens with zero attached hydrogens (tertiary/aromatic N) is 5. The van der Waals surface area contributed by atoms with Crippen LogP contribution in [0.15, 0.2) is 53.1 Å². The van der Waals surface area contributed by atoms with Gasteiger partial charge < -0.3 is 4.52 Å². The normalized spacial score (nSPS) is 11.0. The van der Waals surface area contributed by atoms with Crippen molar-refractivity contribution in [1.82, 2.24) is 25.1 Å². The van der Waals surface area contributed by atoms with Crippen molar-refractivity contribution in [2.75, 3.05) is 0 Å². The molecule has 124 valence electrons. The summed E-state index contributed by atoms with van der Waals surface area (Å²) < 4.78 is 20.2. The molecule has 0 saturated carbocycles. The van der Waals surface area contributed by atoms with Crippen molar-refractivity contribution in [3.05, 3.63) is 65.1 Å². The van der Waals surface area contributed by atoms with Gasteiger partial charge in [-0.2, -0.15) is 4.98 Å². The third-order valence-corrected chi connectivity index (χ3v) is 4.02. The van der Waals surface area contributed by atoms with Crippen LogP contribution in [0.1, 0.15) is 5.69 Å². The molecule has 0 aliphatic carbocycles. The molecule has 0 unspecified atom stereocenters. The van der Waals surface area contributed by atoms with Gasteiger partial charge in [0.2, 0.25) is 5.82 Å². The van der Waals surface area contributed by atoms with Gasteiger partial charge in [0.15, 0.2) is 5.69 Å². The Bertz CT molecular complexity index is 1060. The monoisotopic (exact) mass is 355 g/mol. The van der Waals surface area contributed by atoms with Gasteiger partial charge in [-0.3, -0.25) is 0 Å². The molecular weight excluding hydrogens is 345 g/mol. The van der Waals surface area contributed by atoms with Crippen LogP contribution in [0.25, 0.3) is 28.7 Å². The first-order valence-corrected chi connectivity index (χ1v) is 7.78. The van der Waals surface area contributed by atoms with Gasteiger partial charge in [0.05, 0.1) is 22.0 Å². The lowest BCUT2D eigenvalue weighted by Crippen LogP contribution is -1.99. The van der Waals surface area contributed by atoms with Gasteiger partial charge in [-0.25, -0.2) is 9.07 Å². The summed E-state index contributed by atoms with van der Waals surface area (Å²) in [4.78, 5) is 4.34. The van der Waals surface area contributed by atoms with Gasteiger partial charge in [-0.05, 0) is 37.3 Å². The average molecular weight is 356 g/mol. The number of hydrogen-bond acceptors (Lipinski definition) is 5. The molecule has 0 radical (unpaired) electrons. The van der Waals surface area contributed by atoms with E-state index < -0.39 is 0 Å². The van der Waals surface area contributed by atoms with E-state index in [2.05, 4.69) is 20.5 Å². The largest absolute Gasteiger partial charge is 0.334 e. The van der Waals surface area contributed by atoms with E-state index in [4.69, 9.17) is 16.1 Å². The fraction of sp³-hybridized carbons (Fsp3) is 0.0588. The molecule has 4 rings (SSSR count). The van der Waals surface area contributed by atoms with E-state index >= 15 is 0 Å². The smallest absolute Gasteiger partial charge is 0.259 e. The third-order valence-electron chi connectivity index (χ3n) is 3.69. The molecule has 2 aromatic heterocycles. The van der Waals surface area contributed by atoms with Crippen molar-refractivity contribution in [3.8, 4) is 28.7 Å². The Morgan fingerprint density at radius 1 is 1.12 bits per heavy atom. The summed E-state index contributed by atoms with van der Waals surface area (Å²) in [6.45, 7) is 1.80. The first kappa shape index (κ1) is 15.5. The molecule has 0 N–H and O–H groups in total. The van der Waals surface area contributed by atoms with Gasteiger partial charge in [0.1, 0.15) is 5.82 Å². The minimum Gasteiger partial charge on any atom is -0.334 e. The second-order valence-corrected chi connectivity index (χ2v) is 5.73. The molecular formula is C17H11ClFN5O. The maximum atomic E-state index is 13.4. The van der Waals surface area contributed by atoms with Crippen LogP contribution in [0.3, 0.4) is 0 Å². The van der Waals surface area contributed by atoms with E-state index in [1.165, 1.54) is 16.8 Å². The van der Waals surface area contributed by atoms with Crippen molar-refractivity contribution in [1.29, 1.82) is 0 Å². The first-order valence-electron chi connectivity index (χ1n) is 7.41. The minimum absolute atomic E-state index is 0.287. The zero-order valence-electron chi connectivity index (χ0n) is 13.0. The summed E-state index contributed by atoms with van der Waals surface area (Å²) in [7, 11) is 0. The van der Waals surface area contributed by atoms with Crippen LogP contribution in [-0.2, 0) is 0 Å². The fourth-order valence-corrected chi connectivity index (χ4v) is 2.67. The molecule has 8 heteroatoms. The quantitative estimate of drug-likeness (QED) is 0.553. The Morgan fingerprint density at radius 2 is 1.96 bits per heavy atom. The third kappa shape index (κ3) is 2.78. The number of halogens is 2. The van der Waals surface area contributed by atoms with E-state index in [9.17, 15) is 4.39 Å². The van der Waals surface area contributed by atoms with Crippen molar-refractivity contribution < 1.29 is 8.91 Å². The number of benzene rings is 2. The number of rotatable bonds is 3. The minimum atomic E-state index is -0.352. The highest BCUT2D eigenvalue weighted by Crippen LogP contribution is 2.28. The SMILES string of the molecule is Cc1c(-c2noc(-c3ccccc3Cl)n2)nnn1-c1cccc(F)c1. The Labute approximate surface area is 146 Å². The van der Waals surface area contributed by atoms with Gasteiger partial charge in [0.25, 0.3) is 5.89 Å². The second-order valence-electron chi connectivity index (χ2n) is 5.32. The summed E-state index contributed by atoms with van der Waals surface area (Å²) in [5, 5.41) is 12.6. The Balaban J connectivity index is 1.74. The molecule has 6 nitrogen and oxygen atoms in total. The molecule has 0 fully saturated rings. The molecule has 4 aromatic rings. The summed E-state index contributed by atoms with van der Waals surface area (Å²) in [6.07, 6.45) is 0. The number of hydrogen-bond donors (Lipinski definition) is 0. The molecule has 2 heterocycles. The lowest BCUT2D eigenvalue weighted by atomic mass is 10.2. The lowest BCUT2D eigenvalue weighted by molar-refractivity contribution is 0.432. The molecule has 0 bridgehead atoms. The van der Waals surface area contributed by atoms with E-state index in [1.807, 2.05) is 12.1 Å². The van der Waals surface area contributed by atoms with Gasteiger partial charge in [0, 0.05) is 0 Å². The highest BCUT2D eigenvalue weighted by molar-refractivity contribution is 6.33. The average Bonchev–Trinajstić information content (AvgIpc) is 3.22. The fourth-order valence-electron chi connectivity index (χ4n) is 2.45. The van der Waals surface area contributed by atoms with Crippen molar-refractivity contribution in [2.45, 2.75) is 6.92 Å². The van der Waals surface area contributed by atoms with Crippen LogP contribution in [-0.4, -0.2) is 25.1 Å². The zero-order chi connectivity index (χ0) is 17.4. The molecule has 0 saturated heterocycles. The van der Waals surface area contributed by atoms with Crippen LogP contribution in [0, 0.1) is 12.7 Å². The van der Waals surface area contributed by atoms with Crippen LogP contribution >= 0.6 is 11.6 Å².